The first-order valence-electron chi connectivity index (χ1n) is 8.42. The zero-order chi connectivity index (χ0) is 18.0. The molecule has 1 atom stereocenters. The number of carbonyl (C=O) groups is 2. The molecule has 0 aromatic heterocycles. The Balaban J connectivity index is 1.82. The normalized spacial score (nSPS) is 20.0. The van der Waals surface area contributed by atoms with Crippen LogP contribution >= 0.6 is 0 Å². The number of amides is 3. The fourth-order valence-corrected chi connectivity index (χ4v) is 3.10. The summed E-state index contributed by atoms with van der Waals surface area (Å²) in [6, 6.07) is 13.1. The third kappa shape index (κ3) is 3.27. The van der Waals surface area contributed by atoms with E-state index in [4.69, 9.17) is 0 Å². The summed E-state index contributed by atoms with van der Waals surface area (Å²) in [7, 11) is 0. The molecule has 0 unspecified atom stereocenters. The Hall–Kier alpha value is -2.69. The molecule has 0 aliphatic carbocycles. The summed E-state index contributed by atoms with van der Waals surface area (Å²) in [5.74, 6) is -0.650. The first-order chi connectivity index (χ1) is 11.9. The average molecular weight is 340 g/mol. The van der Waals surface area contributed by atoms with Crippen LogP contribution in [0.1, 0.15) is 37.0 Å². The van der Waals surface area contributed by atoms with Crippen LogP contribution in [0.4, 0.5) is 9.18 Å². The number of benzene rings is 2. The molecule has 3 amide bonds. The first-order valence-corrected chi connectivity index (χ1v) is 8.42. The molecule has 2 aromatic rings. The SMILES string of the molecule is CCCc1ccc([C@@]2(C)NC(=O)N(Cc3ccc(F)cc3)C2=O)cc1. The number of nitrogens with zero attached hydrogens (tertiary/aromatic N) is 1. The molecule has 1 aliphatic heterocycles. The summed E-state index contributed by atoms with van der Waals surface area (Å²) in [5.41, 5.74) is 1.58. The minimum atomic E-state index is -1.08. The zero-order valence-corrected chi connectivity index (χ0v) is 14.4. The summed E-state index contributed by atoms with van der Waals surface area (Å²) >= 11 is 0. The van der Waals surface area contributed by atoms with Gasteiger partial charge in [-0.15, -0.1) is 0 Å². The molecule has 5 heteroatoms. The van der Waals surface area contributed by atoms with Crippen LogP contribution < -0.4 is 5.32 Å². The summed E-state index contributed by atoms with van der Waals surface area (Å²) in [6.07, 6.45) is 2.03. The molecule has 1 fully saturated rings. The van der Waals surface area contributed by atoms with E-state index in [-0.39, 0.29) is 18.3 Å². The predicted molar refractivity (Wildman–Crippen MR) is 93.3 cm³/mol. The van der Waals surface area contributed by atoms with E-state index < -0.39 is 11.6 Å². The van der Waals surface area contributed by atoms with Crippen molar-refractivity contribution >= 4 is 11.9 Å². The lowest BCUT2D eigenvalue weighted by molar-refractivity contribution is -0.131. The zero-order valence-electron chi connectivity index (χ0n) is 14.4. The maximum Gasteiger partial charge on any atom is 0.325 e. The Kier molecular flexibility index (Phi) is 4.57. The average Bonchev–Trinajstić information content (AvgIpc) is 2.82. The summed E-state index contributed by atoms with van der Waals surface area (Å²) < 4.78 is 13.0. The number of urea groups is 1. The number of hydrogen-bond acceptors (Lipinski definition) is 2. The van der Waals surface area contributed by atoms with Crippen LogP contribution in [0.2, 0.25) is 0 Å². The highest BCUT2D eigenvalue weighted by Gasteiger charge is 2.48. The largest absolute Gasteiger partial charge is 0.325 e. The Labute approximate surface area is 146 Å². The van der Waals surface area contributed by atoms with Crippen LogP contribution in [0.25, 0.3) is 0 Å². The molecular weight excluding hydrogens is 319 g/mol. The standard InChI is InChI=1S/C20H21FN2O2/c1-3-4-14-5-9-16(10-6-14)20(2)18(24)23(19(25)22-20)13-15-7-11-17(21)12-8-15/h5-12H,3-4,13H2,1-2H3,(H,22,25)/t20-/m1/s1. The number of nitrogens with one attached hydrogen (secondary N) is 1. The minimum absolute atomic E-state index is 0.119. The number of carbonyl (C=O) groups excluding carboxylic acids is 2. The molecule has 130 valence electrons. The fourth-order valence-electron chi connectivity index (χ4n) is 3.10. The van der Waals surface area contributed by atoms with Gasteiger partial charge in [-0.25, -0.2) is 9.18 Å². The van der Waals surface area contributed by atoms with Gasteiger partial charge in [0.15, 0.2) is 0 Å². The quantitative estimate of drug-likeness (QED) is 0.843. The van der Waals surface area contributed by atoms with Crippen molar-refractivity contribution in [2.24, 2.45) is 0 Å². The molecule has 0 saturated carbocycles. The van der Waals surface area contributed by atoms with Gasteiger partial charge in [-0.05, 0) is 42.2 Å². The molecule has 0 spiro atoms. The van der Waals surface area contributed by atoms with E-state index in [1.54, 1.807) is 19.1 Å². The third-order valence-corrected chi connectivity index (χ3v) is 4.60. The molecule has 3 rings (SSSR count). The van der Waals surface area contributed by atoms with Gasteiger partial charge in [0.2, 0.25) is 0 Å². The Bertz CT molecular complexity index is 786. The van der Waals surface area contributed by atoms with E-state index in [2.05, 4.69) is 12.2 Å². The predicted octanol–water partition coefficient (Wildman–Crippen LogP) is 3.75. The van der Waals surface area contributed by atoms with Crippen LogP contribution in [-0.2, 0) is 23.3 Å². The van der Waals surface area contributed by atoms with Gasteiger partial charge in [-0.3, -0.25) is 9.69 Å². The van der Waals surface area contributed by atoms with Gasteiger partial charge in [0.25, 0.3) is 5.91 Å². The highest BCUT2D eigenvalue weighted by atomic mass is 19.1. The van der Waals surface area contributed by atoms with Crippen molar-refractivity contribution in [3.05, 3.63) is 71.0 Å². The van der Waals surface area contributed by atoms with Gasteiger partial charge in [0.05, 0.1) is 6.54 Å². The number of imide groups is 1. The summed E-state index contributed by atoms with van der Waals surface area (Å²) in [6.45, 7) is 3.95. The van der Waals surface area contributed by atoms with Gasteiger partial charge >= 0.3 is 6.03 Å². The van der Waals surface area contributed by atoms with Crippen molar-refractivity contribution in [1.29, 1.82) is 0 Å². The Morgan fingerprint density at radius 2 is 1.60 bits per heavy atom. The second-order valence-corrected chi connectivity index (χ2v) is 6.52. The molecule has 1 saturated heterocycles. The topological polar surface area (TPSA) is 49.4 Å². The van der Waals surface area contributed by atoms with Gasteiger partial charge in [-0.1, -0.05) is 49.7 Å². The number of aryl methyl sites for hydroxylation is 1. The molecule has 0 bridgehead atoms. The highest BCUT2D eigenvalue weighted by Crippen LogP contribution is 2.30. The van der Waals surface area contributed by atoms with Crippen LogP contribution in [0.3, 0.4) is 0 Å². The second-order valence-electron chi connectivity index (χ2n) is 6.52. The van der Waals surface area contributed by atoms with Gasteiger partial charge < -0.3 is 5.32 Å². The van der Waals surface area contributed by atoms with E-state index in [1.165, 1.54) is 22.6 Å². The molecule has 0 radical (unpaired) electrons. The van der Waals surface area contributed by atoms with Crippen molar-refractivity contribution < 1.29 is 14.0 Å². The molecule has 25 heavy (non-hydrogen) atoms. The molecule has 4 nitrogen and oxygen atoms in total. The van der Waals surface area contributed by atoms with Gasteiger partial charge in [-0.2, -0.15) is 0 Å². The number of rotatable bonds is 5. The highest BCUT2D eigenvalue weighted by molar-refractivity contribution is 6.07. The van der Waals surface area contributed by atoms with Crippen molar-refractivity contribution in [3.8, 4) is 0 Å². The smallest absolute Gasteiger partial charge is 0.319 e. The van der Waals surface area contributed by atoms with E-state index in [0.717, 1.165) is 18.4 Å². The molecule has 1 N–H and O–H groups in total. The second kappa shape index (κ2) is 6.67. The van der Waals surface area contributed by atoms with Gasteiger partial charge in [0.1, 0.15) is 11.4 Å². The van der Waals surface area contributed by atoms with Crippen LogP contribution in [-0.4, -0.2) is 16.8 Å². The van der Waals surface area contributed by atoms with Crippen molar-refractivity contribution in [1.82, 2.24) is 10.2 Å². The lowest BCUT2D eigenvalue weighted by Crippen LogP contribution is -2.40. The molecular formula is C20H21FN2O2. The maximum absolute atomic E-state index is 13.0. The number of halogens is 1. The van der Waals surface area contributed by atoms with Gasteiger partial charge in [0, 0.05) is 0 Å². The van der Waals surface area contributed by atoms with Crippen molar-refractivity contribution in [2.75, 3.05) is 0 Å². The Morgan fingerprint density at radius 1 is 1.00 bits per heavy atom. The lowest BCUT2D eigenvalue weighted by Gasteiger charge is -2.22. The van der Waals surface area contributed by atoms with E-state index in [1.807, 2.05) is 24.3 Å². The lowest BCUT2D eigenvalue weighted by atomic mass is 9.91. The fraction of sp³-hybridized carbons (Fsp3) is 0.300. The summed E-state index contributed by atoms with van der Waals surface area (Å²) in [5, 5.41) is 2.79. The van der Waals surface area contributed by atoms with Crippen LogP contribution in [0.15, 0.2) is 48.5 Å². The van der Waals surface area contributed by atoms with Crippen LogP contribution in [0, 0.1) is 5.82 Å². The molecule has 1 heterocycles. The maximum atomic E-state index is 13.0. The minimum Gasteiger partial charge on any atom is -0.319 e. The van der Waals surface area contributed by atoms with E-state index in [0.29, 0.717) is 5.56 Å². The van der Waals surface area contributed by atoms with Crippen molar-refractivity contribution in [2.45, 2.75) is 38.8 Å². The molecule has 1 aliphatic rings. The van der Waals surface area contributed by atoms with E-state index in [9.17, 15) is 14.0 Å². The van der Waals surface area contributed by atoms with E-state index >= 15 is 0 Å². The summed E-state index contributed by atoms with van der Waals surface area (Å²) in [4.78, 5) is 26.4. The monoisotopic (exact) mass is 340 g/mol. The Morgan fingerprint density at radius 3 is 2.20 bits per heavy atom. The third-order valence-electron chi connectivity index (χ3n) is 4.60. The molecule has 2 aromatic carbocycles. The first kappa shape index (κ1) is 17.1. The number of hydrogen-bond donors (Lipinski definition) is 1. The van der Waals surface area contributed by atoms with Crippen molar-refractivity contribution in [3.63, 3.8) is 0 Å². The van der Waals surface area contributed by atoms with Crippen LogP contribution in [0.5, 0.6) is 0 Å².